The highest BCUT2D eigenvalue weighted by Gasteiger charge is 1.95. The first-order valence-corrected chi connectivity index (χ1v) is 5.08. The second-order valence-corrected chi connectivity index (χ2v) is 3.49. The molecular formula is C13H16O3. The lowest BCUT2D eigenvalue weighted by molar-refractivity contribution is -0.104. The van der Waals surface area contributed by atoms with Crippen LogP contribution >= 0.6 is 0 Å². The highest BCUT2D eigenvalue weighted by atomic mass is 16.5. The second kappa shape index (κ2) is 6.80. The maximum absolute atomic E-state index is 10.2. The third-order valence-corrected chi connectivity index (χ3v) is 2.11. The second-order valence-electron chi connectivity index (χ2n) is 3.49. The Labute approximate surface area is 95.7 Å². The molecule has 0 aliphatic carbocycles. The molecule has 0 aliphatic heterocycles. The number of aldehydes is 1. The summed E-state index contributed by atoms with van der Waals surface area (Å²) in [5.41, 5.74) is 2.00. The SMILES string of the molecule is COc1ccc(COC/C(C)=C\C=O)cc1. The van der Waals surface area contributed by atoms with Crippen LogP contribution in [0.1, 0.15) is 12.5 Å². The number of benzene rings is 1. The monoisotopic (exact) mass is 220 g/mol. The molecule has 1 aromatic carbocycles. The first-order valence-electron chi connectivity index (χ1n) is 5.08. The van der Waals surface area contributed by atoms with Crippen molar-refractivity contribution >= 4 is 6.29 Å². The maximum Gasteiger partial charge on any atom is 0.142 e. The fourth-order valence-corrected chi connectivity index (χ4v) is 1.22. The lowest BCUT2D eigenvalue weighted by Gasteiger charge is -2.05. The Morgan fingerprint density at radius 2 is 2.00 bits per heavy atom. The van der Waals surface area contributed by atoms with Gasteiger partial charge in [0.2, 0.25) is 0 Å². The van der Waals surface area contributed by atoms with E-state index in [0.29, 0.717) is 13.2 Å². The van der Waals surface area contributed by atoms with Crippen LogP contribution < -0.4 is 4.74 Å². The number of hydrogen-bond donors (Lipinski definition) is 0. The maximum atomic E-state index is 10.2. The van der Waals surface area contributed by atoms with E-state index in [0.717, 1.165) is 23.2 Å². The molecule has 0 heterocycles. The molecule has 3 nitrogen and oxygen atoms in total. The molecule has 0 saturated heterocycles. The first-order chi connectivity index (χ1) is 7.76. The zero-order chi connectivity index (χ0) is 11.8. The van der Waals surface area contributed by atoms with Gasteiger partial charge in [-0.2, -0.15) is 0 Å². The summed E-state index contributed by atoms with van der Waals surface area (Å²) >= 11 is 0. The van der Waals surface area contributed by atoms with Crippen molar-refractivity contribution in [3.8, 4) is 5.75 Å². The van der Waals surface area contributed by atoms with Crippen LogP contribution in [0.2, 0.25) is 0 Å². The third-order valence-electron chi connectivity index (χ3n) is 2.11. The highest BCUT2D eigenvalue weighted by Crippen LogP contribution is 2.12. The molecule has 0 radical (unpaired) electrons. The summed E-state index contributed by atoms with van der Waals surface area (Å²) in [6.45, 7) is 2.88. The molecule has 16 heavy (non-hydrogen) atoms. The minimum atomic E-state index is 0.477. The Kier molecular flexibility index (Phi) is 5.29. The van der Waals surface area contributed by atoms with E-state index in [1.165, 1.54) is 6.08 Å². The van der Waals surface area contributed by atoms with Crippen molar-refractivity contribution in [3.05, 3.63) is 41.5 Å². The molecule has 1 aromatic rings. The van der Waals surface area contributed by atoms with E-state index in [9.17, 15) is 4.79 Å². The molecule has 86 valence electrons. The number of ether oxygens (including phenoxy) is 2. The Bertz CT molecular complexity index is 352. The lowest BCUT2D eigenvalue weighted by Crippen LogP contribution is -1.97. The van der Waals surface area contributed by atoms with Gasteiger partial charge in [-0.25, -0.2) is 0 Å². The molecule has 1 rings (SSSR count). The van der Waals surface area contributed by atoms with Gasteiger partial charge < -0.3 is 9.47 Å². The Balaban J connectivity index is 2.37. The van der Waals surface area contributed by atoms with Gasteiger partial charge in [0.1, 0.15) is 12.0 Å². The zero-order valence-corrected chi connectivity index (χ0v) is 9.60. The molecule has 0 unspecified atom stereocenters. The van der Waals surface area contributed by atoms with Crippen molar-refractivity contribution in [3.63, 3.8) is 0 Å². The predicted octanol–water partition coefficient (Wildman–Crippen LogP) is 2.36. The standard InChI is InChI=1S/C13H16O3/c1-11(7-8-14)9-16-10-12-3-5-13(15-2)6-4-12/h3-8H,9-10H2,1-2H3/b11-7-. The van der Waals surface area contributed by atoms with Crippen LogP contribution in [0, 0.1) is 0 Å². The van der Waals surface area contributed by atoms with Crippen LogP contribution in [0.15, 0.2) is 35.9 Å². The van der Waals surface area contributed by atoms with E-state index in [1.807, 2.05) is 31.2 Å². The average Bonchev–Trinajstić information content (AvgIpc) is 2.30. The van der Waals surface area contributed by atoms with E-state index < -0.39 is 0 Å². The summed E-state index contributed by atoms with van der Waals surface area (Å²) in [7, 11) is 1.64. The third kappa shape index (κ3) is 4.28. The molecule has 0 amide bonds. The average molecular weight is 220 g/mol. The van der Waals surface area contributed by atoms with Gasteiger partial charge in [-0.05, 0) is 36.3 Å². The van der Waals surface area contributed by atoms with Crippen LogP contribution in [-0.4, -0.2) is 20.0 Å². The molecule has 3 heteroatoms. The van der Waals surface area contributed by atoms with Crippen molar-refractivity contribution < 1.29 is 14.3 Å². The van der Waals surface area contributed by atoms with Gasteiger partial charge in [0.05, 0.1) is 20.3 Å². The van der Waals surface area contributed by atoms with E-state index >= 15 is 0 Å². The Morgan fingerprint density at radius 3 is 2.56 bits per heavy atom. The molecular weight excluding hydrogens is 204 g/mol. The number of hydrogen-bond acceptors (Lipinski definition) is 3. The van der Waals surface area contributed by atoms with Crippen molar-refractivity contribution in [2.24, 2.45) is 0 Å². The largest absolute Gasteiger partial charge is 0.497 e. The van der Waals surface area contributed by atoms with Crippen molar-refractivity contribution in [2.45, 2.75) is 13.5 Å². The summed E-state index contributed by atoms with van der Waals surface area (Å²) in [4.78, 5) is 10.2. The van der Waals surface area contributed by atoms with Crippen LogP contribution in [-0.2, 0) is 16.1 Å². The molecule has 0 spiro atoms. The highest BCUT2D eigenvalue weighted by molar-refractivity contribution is 5.65. The fourth-order valence-electron chi connectivity index (χ4n) is 1.22. The minimum Gasteiger partial charge on any atom is -0.497 e. The molecule has 0 aliphatic rings. The van der Waals surface area contributed by atoms with Crippen LogP contribution in [0.25, 0.3) is 0 Å². The topological polar surface area (TPSA) is 35.5 Å². The van der Waals surface area contributed by atoms with Crippen molar-refractivity contribution in [2.75, 3.05) is 13.7 Å². The molecule has 0 aromatic heterocycles. The molecule has 0 bridgehead atoms. The summed E-state index contributed by atoms with van der Waals surface area (Å²) in [6.07, 6.45) is 2.28. The zero-order valence-electron chi connectivity index (χ0n) is 9.60. The number of methoxy groups -OCH3 is 1. The number of rotatable bonds is 6. The normalized spacial score (nSPS) is 11.2. The van der Waals surface area contributed by atoms with Crippen molar-refractivity contribution in [1.82, 2.24) is 0 Å². The van der Waals surface area contributed by atoms with Gasteiger partial charge in [-0.3, -0.25) is 4.79 Å². The number of allylic oxidation sites excluding steroid dienone is 1. The van der Waals surface area contributed by atoms with Crippen LogP contribution in [0.3, 0.4) is 0 Å². The number of carbonyl (C=O) groups is 1. The smallest absolute Gasteiger partial charge is 0.142 e. The van der Waals surface area contributed by atoms with E-state index in [4.69, 9.17) is 9.47 Å². The Hall–Kier alpha value is -1.61. The predicted molar refractivity (Wildman–Crippen MR) is 62.5 cm³/mol. The van der Waals surface area contributed by atoms with Crippen molar-refractivity contribution in [1.29, 1.82) is 0 Å². The van der Waals surface area contributed by atoms with Gasteiger partial charge in [0, 0.05) is 0 Å². The molecule has 0 N–H and O–H groups in total. The molecule has 0 saturated carbocycles. The van der Waals surface area contributed by atoms with Gasteiger partial charge in [0.15, 0.2) is 0 Å². The fraction of sp³-hybridized carbons (Fsp3) is 0.308. The van der Waals surface area contributed by atoms with Gasteiger partial charge in [0.25, 0.3) is 0 Å². The summed E-state index contributed by atoms with van der Waals surface area (Å²) in [5, 5.41) is 0. The number of carbonyl (C=O) groups excluding carboxylic acids is 1. The van der Waals surface area contributed by atoms with Gasteiger partial charge in [-0.15, -0.1) is 0 Å². The molecule has 0 atom stereocenters. The minimum absolute atomic E-state index is 0.477. The van der Waals surface area contributed by atoms with Crippen LogP contribution in [0.5, 0.6) is 5.75 Å². The van der Waals surface area contributed by atoms with Gasteiger partial charge in [-0.1, -0.05) is 12.1 Å². The molecule has 0 fully saturated rings. The van der Waals surface area contributed by atoms with E-state index in [-0.39, 0.29) is 0 Å². The van der Waals surface area contributed by atoms with E-state index in [1.54, 1.807) is 7.11 Å². The summed E-state index contributed by atoms with van der Waals surface area (Å²) in [6, 6.07) is 7.70. The Morgan fingerprint density at radius 1 is 1.31 bits per heavy atom. The van der Waals surface area contributed by atoms with Crippen LogP contribution in [0.4, 0.5) is 0 Å². The lowest BCUT2D eigenvalue weighted by atomic mass is 10.2. The first kappa shape index (κ1) is 12.5. The summed E-state index contributed by atoms with van der Waals surface area (Å²) < 4.78 is 10.5. The quantitative estimate of drug-likeness (QED) is 0.545. The summed E-state index contributed by atoms with van der Waals surface area (Å²) in [5.74, 6) is 0.834. The van der Waals surface area contributed by atoms with E-state index in [2.05, 4.69) is 0 Å². The van der Waals surface area contributed by atoms with Gasteiger partial charge >= 0.3 is 0 Å².